The zero-order valence-electron chi connectivity index (χ0n) is 18.6. The Morgan fingerprint density at radius 3 is 2.88 bits per heavy atom. The highest BCUT2D eigenvalue weighted by Crippen LogP contribution is 2.40. The Morgan fingerprint density at radius 2 is 2.06 bits per heavy atom. The number of ether oxygens (including phenoxy) is 1. The second-order valence-electron chi connectivity index (χ2n) is 8.51. The van der Waals surface area contributed by atoms with E-state index in [2.05, 4.69) is 40.6 Å². The van der Waals surface area contributed by atoms with Gasteiger partial charge in [-0.25, -0.2) is 0 Å². The summed E-state index contributed by atoms with van der Waals surface area (Å²) in [6.45, 7) is 6.93. The Bertz CT molecular complexity index is 1300. The molecule has 0 bridgehead atoms. The van der Waals surface area contributed by atoms with Crippen LogP contribution in [0.1, 0.15) is 13.3 Å². The summed E-state index contributed by atoms with van der Waals surface area (Å²) in [5.41, 5.74) is 5.82. The van der Waals surface area contributed by atoms with Gasteiger partial charge in [-0.1, -0.05) is 43.8 Å². The minimum atomic E-state index is -0.0487. The Morgan fingerprint density at radius 1 is 1.21 bits per heavy atom. The van der Waals surface area contributed by atoms with E-state index in [0.717, 1.165) is 46.4 Å². The lowest BCUT2D eigenvalue weighted by Gasteiger charge is -2.24. The quantitative estimate of drug-likeness (QED) is 0.426. The highest BCUT2D eigenvalue weighted by molar-refractivity contribution is 6.02. The number of aromatic nitrogens is 3. The van der Waals surface area contributed by atoms with Gasteiger partial charge in [0.1, 0.15) is 12.4 Å². The van der Waals surface area contributed by atoms with Gasteiger partial charge in [0, 0.05) is 30.1 Å². The van der Waals surface area contributed by atoms with Gasteiger partial charge >= 0.3 is 0 Å². The molecular weight excluding hydrogens is 412 g/mol. The Hall–Kier alpha value is -3.93. The topological polar surface area (TPSA) is 71.1 Å². The van der Waals surface area contributed by atoms with E-state index in [4.69, 9.17) is 4.74 Å². The second-order valence-corrected chi connectivity index (χ2v) is 8.51. The molecule has 5 rings (SSSR count). The average molecular weight is 439 g/mol. The molecule has 6 nitrogen and oxygen atoms in total. The van der Waals surface area contributed by atoms with Gasteiger partial charge in [-0.3, -0.25) is 14.8 Å². The first kappa shape index (κ1) is 20.9. The SMILES string of the molecule is C=CC(=O)N1C[C@@H](C)C[C@H]1COc1cnccc1-c1[nH]c2cccnc2c1-c1ccccc1. The van der Waals surface area contributed by atoms with Crippen molar-refractivity contribution in [3.05, 3.63) is 79.8 Å². The number of hydrogen-bond acceptors (Lipinski definition) is 4. The van der Waals surface area contributed by atoms with Crippen molar-refractivity contribution in [1.82, 2.24) is 19.9 Å². The number of carbonyl (C=O) groups excluding carboxylic acids is 1. The van der Waals surface area contributed by atoms with E-state index >= 15 is 0 Å². The van der Waals surface area contributed by atoms with Crippen LogP contribution in [-0.2, 0) is 4.79 Å². The fraction of sp³-hybridized carbons (Fsp3) is 0.222. The van der Waals surface area contributed by atoms with Crippen molar-refractivity contribution in [1.29, 1.82) is 0 Å². The van der Waals surface area contributed by atoms with Crippen LogP contribution in [0, 0.1) is 5.92 Å². The smallest absolute Gasteiger partial charge is 0.246 e. The molecule has 1 aliphatic heterocycles. The summed E-state index contributed by atoms with van der Waals surface area (Å²) in [6, 6.07) is 16.1. The molecule has 166 valence electrons. The highest BCUT2D eigenvalue weighted by Gasteiger charge is 2.32. The lowest BCUT2D eigenvalue weighted by Crippen LogP contribution is -2.38. The molecule has 2 atom stereocenters. The molecule has 0 radical (unpaired) electrons. The number of likely N-dealkylation sites (tertiary alicyclic amines) is 1. The van der Waals surface area contributed by atoms with Gasteiger partial charge < -0.3 is 14.6 Å². The van der Waals surface area contributed by atoms with E-state index < -0.39 is 0 Å². The van der Waals surface area contributed by atoms with Crippen molar-refractivity contribution in [3.63, 3.8) is 0 Å². The number of H-pyrrole nitrogens is 1. The highest BCUT2D eigenvalue weighted by atomic mass is 16.5. The van der Waals surface area contributed by atoms with Crippen molar-refractivity contribution in [3.8, 4) is 28.1 Å². The van der Waals surface area contributed by atoms with Gasteiger partial charge in [-0.2, -0.15) is 0 Å². The van der Waals surface area contributed by atoms with Gasteiger partial charge in [0.15, 0.2) is 0 Å². The van der Waals surface area contributed by atoms with Crippen LogP contribution in [0.15, 0.2) is 79.8 Å². The third-order valence-corrected chi connectivity index (χ3v) is 6.18. The summed E-state index contributed by atoms with van der Waals surface area (Å²) in [7, 11) is 0. The number of pyridine rings is 2. The van der Waals surface area contributed by atoms with Gasteiger partial charge in [0.25, 0.3) is 0 Å². The molecule has 1 saturated heterocycles. The van der Waals surface area contributed by atoms with Crippen molar-refractivity contribution in [2.45, 2.75) is 19.4 Å². The normalized spacial score (nSPS) is 17.9. The number of amides is 1. The summed E-state index contributed by atoms with van der Waals surface area (Å²) in [5, 5.41) is 0. The van der Waals surface area contributed by atoms with Gasteiger partial charge in [0.05, 0.1) is 29.0 Å². The van der Waals surface area contributed by atoms with Crippen LogP contribution in [0.4, 0.5) is 0 Å². The fourth-order valence-electron chi connectivity index (χ4n) is 4.69. The van der Waals surface area contributed by atoms with Crippen LogP contribution >= 0.6 is 0 Å². The van der Waals surface area contributed by atoms with E-state index in [9.17, 15) is 4.79 Å². The standard InChI is InChI=1S/C27H26N4O2/c1-3-24(32)31-16-18(2)14-20(31)17-33-23-15-28-13-11-21(23)26-25(19-8-5-4-6-9-19)27-22(30-26)10-7-12-29-27/h3-13,15,18,20,30H,1,14,16-17H2,2H3/t18-,20-/m0/s1. The molecule has 1 N–H and O–H groups in total. The van der Waals surface area contributed by atoms with Crippen molar-refractivity contribution in [2.75, 3.05) is 13.2 Å². The first-order chi connectivity index (χ1) is 16.2. The van der Waals surface area contributed by atoms with E-state index in [1.165, 1.54) is 6.08 Å². The summed E-state index contributed by atoms with van der Waals surface area (Å²) < 4.78 is 6.30. The van der Waals surface area contributed by atoms with Gasteiger partial charge in [-0.15, -0.1) is 0 Å². The molecule has 4 heterocycles. The molecular formula is C27H26N4O2. The number of benzene rings is 1. The summed E-state index contributed by atoms with van der Waals surface area (Å²) in [6.07, 6.45) is 7.59. The minimum absolute atomic E-state index is 0.0107. The summed E-state index contributed by atoms with van der Waals surface area (Å²) >= 11 is 0. The Kier molecular flexibility index (Phi) is 5.65. The molecule has 4 aromatic rings. The Labute approximate surface area is 192 Å². The third kappa shape index (κ3) is 4.00. The average Bonchev–Trinajstić information content (AvgIpc) is 3.43. The number of hydrogen-bond donors (Lipinski definition) is 1. The molecule has 1 fully saturated rings. The first-order valence-corrected chi connectivity index (χ1v) is 11.2. The largest absolute Gasteiger partial charge is 0.489 e. The van der Waals surface area contributed by atoms with E-state index in [-0.39, 0.29) is 11.9 Å². The van der Waals surface area contributed by atoms with Crippen molar-refractivity contribution < 1.29 is 9.53 Å². The number of carbonyl (C=O) groups is 1. The van der Waals surface area contributed by atoms with Gasteiger partial charge in [0.2, 0.25) is 5.91 Å². The number of nitrogens with zero attached hydrogens (tertiary/aromatic N) is 3. The molecule has 0 spiro atoms. The molecule has 0 unspecified atom stereocenters. The van der Waals surface area contributed by atoms with Crippen LogP contribution in [0.3, 0.4) is 0 Å². The number of rotatable bonds is 6. The van der Waals surface area contributed by atoms with E-state index in [1.54, 1.807) is 12.4 Å². The number of nitrogens with one attached hydrogen (secondary N) is 1. The van der Waals surface area contributed by atoms with Crippen LogP contribution in [0.5, 0.6) is 5.75 Å². The monoisotopic (exact) mass is 438 g/mol. The molecule has 0 aliphatic carbocycles. The third-order valence-electron chi connectivity index (χ3n) is 6.18. The predicted molar refractivity (Wildman–Crippen MR) is 130 cm³/mol. The number of fused-ring (bicyclic) bond motifs is 1. The van der Waals surface area contributed by atoms with E-state index in [0.29, 0.717) is 18.3 Å². The van der Waals surface area contributed by atoms with Crippen LogP contribution in [0.25, 0.3) is 33.4 Å². The lowest BCUT2D eigenvalue weighted by atomic mass is 10.0. The molecule has 0 saturated carbocycles. The second kappa shape index (κ2) is 8.90. The zero-order chi connectivity index (χ0) is 22.8. The molecule has 1 aliphatic rings. The first-order valence-electron chi connectivity index (χ1n) is 11.2. The zero-order valence-corrected chi connectivity index (χ0v) is 18.6. The lowest BCUT2D eigenvalue weighted by molar-refractivity contribution is -0.127. The van der Waals surface area contributed by atoms with Crippen molar-refractivity contribution >= 4 is 16.9 Å². The van der Waals surface area contributed by atoms with Crippen molar-refractivity contribution in [2.24, 2.45) is 5.92 Å². The minimum Gasteiger partial charge on any atom is -0.489 e. The molecule has 1 aromatic carbocycles. The molecule has 3 aromatic heterocycles. The summed E-state index contributed by atoms with van der Waals surface area (Å²) in [5.74, 6) is 1.06. The van der Waals surface area contributed by atoms with Crippen LogP contribution < -0.4 is 4.74 Å². The van der Waals surface area contributed by atoms with Crippen LogP contribution in [-0.4, -0.2) is 45.0 Å². The maximum Gasteiger partial charge on any atom is 0.246 e. The fourth-order valence-corrected chi connectivity index (χ4v) is 4.69. The molecule has 6 heteroatoms. The van der Waals surface area contributed by atoms with Crippen LogP contribution in [0.2, 0.25) is 0 Å². The number of aromatic amines is 1. The van der Waals surface area contributed by atoms with E-state index in [1.807, 2.05) is 47.5 Å². The van der Waals surface area contributed by atoms with Gasteiger partial charge in [-0.05, 0) is 42.2 Å². The summed E-state index contributed by atoms with van der Waals surface area (Å²) in [4.78, 5) is 26.7. The predicted octanol–water partition coefficient (Wildman–Crippen LogP) is 5.09. The maximum atomic E-state index is 12.3. The molecule has 33 heavy (non-hydrogen) atoms. The molecule has 1 amide bonds. The maximum absolute atomic E-state index is 12.3. The Balaban J connectivity index is 1.53.